The van der Waals surface area contributed by atoms with Crippen molar-refractivity contribution in [3.05, 3.63) is 56.7 Å². The maximum atomic E-state index is 12.1. The summed E-state index contributed by atoms with van der Waals surface area (Å²) in [5.41, 5.74) is 8.02. The number of amides is 1. The quantitative estimate of drug-likeness (QED) is 0.499. The van der Waals surface area contributed by atoms with Crippen LogP contribution in [0.25, 0.3) is 0 Å². The van der Waals surface area contributed by atoms with Crippen molar-refractivity contribution < 1.29 is 14.3 Å². The molecule has 0 aliphatic rings. The van der Waals surface area contributed by atoms with Gasteiger partial charge in [0.15, 0.2) is 16.6 Å². The molecule has 2 aromatic carbocycles. The van der Waals surface area contributed by atoms with Crippen molar-refractivity contribution >= 4 is 45.8 Å². The van der Waals surface area contributed by atoms with E-state index in [1.54, 1.807) is 12.1 Å². The smallest absolute Gasteiger partial charge is 0.257 e. The van der Waals surface area contributed by atoms with E-state index >= 15 is 0 Å². The van der Waals surface area contributed by atoms with E-state index in [0.29, 0.717) is 30.3 Å². The molecular formula is C18H19IN2O3S. The van der Waals surface area contributed by atoms with Gasteiger partial charge >= 0.3 is 0 Å². The van der Waals surface area contributed by atoms with E-state index in [-0.39, 0.29) is 11.0 Å². The number of hydrogen-bond donors (Lipinski definition) is 2. The van der Waals surface area contributed by atoms with Gasteiger partial charge in [0.25, 0.3) is 5.91 Å². The molecular weight excluding hydrogens is 451 g/mol. The highest BCUT2D eigenvalue weighted by Crippen LogP contribution is 2.35. The van der Waals surface area contributed by atoms with Crippen LogP contribution in [0, 0.1) is 10.5 Å². The molecule has 0 aliphatic heterocycles. The number of hydrogen-bond acceptors (Lipinski definition) is 4. The lowest BCUT2D eigenvalue weighted by atomic mass is 10.1. The van der Waals surface area contributed by atoms with Gasteiger partial charge in [0.1, 0.15) is 6.61 Å². The lowest BCUT2D eigenvalue weighted by molar-refractivity contribution is 0.0976. The van der Waals surface area contributed by atoms with Gasteiger partial charge in [-0.05, 0) is 66.4 Å². The van der Waals surface area contributed by atoms with Crippen molar-refractivity contribution in [1.29, 1.82) is 0 Å². The Morgan fingerprint density at radius 3 is 2.52 bits per heavy atom. The third-order valence-electron chi connectivity index (χ3n) is 3.31. The molecule has 1 amide bonds. The van der Waals surface area contributed by atoms with Gasteiger partial charge in [-0.2, -0.15) is 0 Å². The number of aryl methyl sites for hydroxylation is 1. The first-order chi connectivity index (χ1) is 11.9. The number of thiocarbonyl (C=S) groups is 1. The molecule has 2 rings (SSSR count). The highest BCUT2D eigenvalue weighted by Gasteiger charge is 2.16. The topological polar surface area (TPSA) is 73.6 Å². The molecule has 0 bridgehead atoms. The summed E-state index contributed by atoms with van der Waals surface area (Å²) in [5.74, 6) is 0.737. The average molecular weight is 470 g/mol. The van der Waals surface area contributed by atoms with Crippen molar-refractivity contribution in [3.8, 4) is 11.5 Å². The number of nitrogens with one attached hydrogen (secondary N) is 1. The number of halogens is 1. The molecule has 0 heterocycles. The van der Waals surface area contributed by atoms with Crippen molar-refractivity contribution in [3.63, 3.8) is 0 Å². The highest BCUT2D eigenvalue weighted by atomic mass is 127. The van der Waals surface area contributed by atoms with Crippen molar-refractivity contribution in [2.24, 2.45) is 5.73 Å². The van der Waals surface area contributed by atoms with E-state index in [2.05, 4.69) is 27.9 Å². The predicted molar refractivity (Wildman–Crippen MR) is 110 cm³/mol. The fourth-order valence-electron chi connectivity index (χ4n) is 2.13. The molecule has 132 valence electrons. The van der Waals surface area contributed by atoms with Crippen LogP contribution in [-0.2, 0) is 6.61 Å². The Morgan fingerprint density at radius 1 is 1.24 bits per heavy atom. The minimum absolute atomic E-state index is 0.0716. The Balaban J connectivity index is 2.25. The van der Waals surface area contributed by atoms with Crippen LogP contribution in [0.3, 0.4) is 0 Å². The van der Waals surface area contributed by atoms with Gasteiger partial charge in [0.05, 0.1) is 10.2 Å². The largest absolute Gasteiger partial charge is 0.490 e. The Morgan fingerprint density at radius 2 is 1.92 bits per heavy atom. The van der Waals surface area contributed by atoms with Gasteiger partial charge in [-0.1, -0.05) is 29.8 Å². The van der Waals surface area contributed by atoms with Crippen molar-refractivity contribution in [2.45, 2.75) is 20.5 Å². The first-order valence-corrected chi connectivity index (χ1v) is 9.15. The fraction of sp³-hybridized carbons (Fsp3) is 0.222. The number of nitrogens with two attached hydrogens (primary N) is 1. The number of rotatable bonds is 6. The molecule has 0 saturated heterocycles. The van der Waals surface area contributed by atoms with Gasteiger partial charge < -0.3 is 15.2 Å². The molecule has 2 aromatic rings. The number of ether oxygens (including phenoxy) is 2. The summed E-state index contributed by atoms with van der Waals surface area (Å²) in [6, 6.07) is 11.5. The van der Waals surface area contributed by atoms with Crippen LogP contribution < -0.4 is 20.5 Å². The SMILES string of the molecule is CCOc1cc(C(=O)NC(N)=S)cc(I)c1OCc1ccc(C)cc1. The number of benzene rings is 2. The molecule has 0 aliphatic carbocycles. The van der Waals surface area contributed by atoms with E-state index in [9.17, 15) is 4.79 Å². The standard InChI is InChI=1S/C18H19IN2O3S/c1-3-23-15-9-13(17(22)21-18(20)25)8-14(19)16(15)24-10-12-6-4-11(2)5-7-12/h4-9H,3,10H2,1-2H3,(H3,20,21,22,25). The van der Waals surface area contributed by atoms with E-state index in [0.717, 1.165) is 9.13 Å². The van der Waals surface area contributed by atoms with E-state index in [1.807, 2.05) is 38.1 Å². The van der Waals surface area contributed by atoms with Crippen molar-refractivity contribution in [1.82, 2.24) is 5.32 Å². The summed E-state index contributed by atoms with van der Waals surface area (Å²) < 4.78 is 12.4. The average Bonchev–Trinajstić information content (AvgIpc) is 2.55. The monoisotopic (exact) mass is 470 g/mol. The van der Waals surface area contributed by atoms with E-state index < -0.39 is 0 Å². The van der Waals surface area contributed by atoms with Crippen LogP contribution in [-0.4, -0.2) is 17.6 Å². The fourth-order valence-corrected chi connectivity index (χ4v) is 2.98. The number of carbonyl (C=O) groups is 1. The summed E-state index contributed by atoms with van der Waals surface area (Å²) in [5, 5.41) is 2.34. The minimum atomic E-state index is -0.378. The molecule has 7 heteroatoms. The van der Waals surface area contributed by atoms with Crippen LogP contribution in [0.1, 0.15) is 28.4 Å². The summed E-state index contributed by atoms with van der Waals surface area (Å²) in [7, 11) is 0. The Hall–Kier alpha value is -1.87. The van der Waals surface area contributed by atoms with Crippen LogP contribution in [0.4, 0.5) is 0 Å². The molecule has 0 radical (unpaired) electrons. The Bertz CT molecular complexity index is 779. The van der Waals surface area contributed by atoms with Crippen molar-refractivity contribution in [2.75, 3.05) is 6.61 Å². The summed E-state index contributed by atoms with van der Waals surface area (Å²) in [6.07, 6.45) is 0. The molecule has 0 unspecified atom stereocenters. The zero-order valence-corrected chi connectivity index (χ0v) is 16.9. The lowest BCUT2D eigenvalue weighted by Gasteiger charge is -2.15. The first kappa shape index (κ1) is 19.5. The van der Waals surface area contributed by atoms with E-state index in [4.69, 9.17) is 27.4 Å². The van der Waals surface area contributed by atoms with Gasteiger partial charge in [-0.3, -0.25) is 10.1 Å². The molecule has 0 atom stereocenters. The number of carbonyl (C=O) groups excluding carboxylic acids is 1. The second-order valence-electron chi connectivity index (χ2n) is 5.31. The van der Waals surface area contributed by atoms with Crippen LogP contribution in [0.2, 0.25) is 0 Å². The predicted octanol–water partition coefficient (Wildman–Crippen LogP) is 3.55. The van der Waals surface area contributed by atoms with Gasteiger partial charge in [-0.15, -0.1) is 0 Å². The zero-order chi connectivity index (χ0) is 18.4. The summed E-state index contributed by atoms with van der Waals surface area (Å²) in [4.78, 5) is 12.1. The molecule has 3 N–H and O–H groups in total. The molecule has 0 aromatic heterocycles. The van der Waals surface area contributed by atoms with Gasteiger partial charge in [0, 0.05) is 5.56 Å². The molecule has 0 fully saturated rings. The second kappa shape index (κ2) is 9.00. The molecule has 0 saturated carbocycles. The lowest BCUT2D eigenvalue weighted by Crippen LogP contribution is -2.34. The minimum Gasteiger partial charge on any atom is -0.490 e. The van der Waals surface area contributed by atoms with Crippen LogP contribution >= 0.6 is 34.8 Å². The molecule has 5 nitrogen and oxygen atoms in total. The third-order valence-corrected chi connectivity index (χ3v) is 4.22. The zero-order valence-electron chi connectivity index (χ0n) is 14.0. The Kier molecular flexibility index (Phi) is 7.01. The van der Waals surface area contributed by atoms with Crippen LogP contribution in [0.5, 0.6) is 11.5 Å². The maximum absolute atomic E-state index is 12.1. The highest BCUT2D eigenvalue weighted by molar-refractivity contribution is 14.1. The first-order valence-electron chi connectivity index (χ1n) is 7.66. The maximum Gasteiger partial charge on any atom is 0.257 e. The second-order valence-corrected chi connectivity index (χ2v) is 6.91. The normalized spacial score (nSPS) is 10.2. The van der Waals surface area contributed by atoms with E-state index in [1.165, 1.54) is 5.56 Å². The molecule has 0 spiro atoms. The summed E-state index contributed by atoms with van der Waals surface area (Å²) >= 11 is 6.82. The summed E-state index contributed by atoms with van der Waals surface area (Å²) in [6.45, 7) is 4.78. The van der Waals surface area contributed by atoms with Crippen LogP contribution in [0.15, 0.2) is 36.4 Å². The Labute approximate surface area is 166 Å². The van der Waals surface area contributed by atoms with Gasteiger partial charge in [-0.25, -0.2) is 0 Å². The molecule has 25 heavy (non-hydrogen) atoms. The van der Waals surface area contributed by atoms with Gasteiger partial charge in [0.2, 0.25) is 0 Å². The third kappa shape index (κ3) is 5.57.